The molecule has 0 amide bonds. The number of rotatable bonds is 5. The van der Waals surface area contributed by atoms with Gasteiger partial charge in [-0.2, -0.15) is 4.72 Å². The molecule has 19 heavy (non-hydrogen) atoms. The Morgan fingerprint density at radius 3 is 2.32 bits per heavy atom. The third kappa shape index (κ3) is 3.78. The first-order valence-electron chi connectivity index (χ1n) is 5.95. The standard InChI is InChI=1S/C13H19NO4S/c1-9(2)12(13(15)18-4)14-19(16,17)11-8-6-5-7-10(11)3/h5-9,12,14H,1-4H3/t12-/m0/s1. The molecule has 0 radical (unpaired) electrons. The number of sulfonamides is 1. The van der Waals surface area contributed by atoms with Gasteiger partial charge in [0.2, 0.25) is 10.0 Å². The molecule has 0 aliphatic rings. The van der Waals surface area contributed by atoms with Gasteiger partial charge in [-0.15, -0.1) is 0 Å². The highest BCUT2D eigenvalue weighted by molar-refractivity contribution is 7.89. The van der Waals surface area contributed by atoms with Crippen LogP contribution < -0.4 is 4.72 Å². The molecule has 0 saturated carbocycles. The Bertz CT molecular complexity index is 552. The van der Waals surface area contributed by atoms with Crippen LogP contribution in [0.5, 0.6) is 0 Å². The van der Waals surface area contributed by atoms with Crippen molar-refractivity contribution in [3.63, 3.8) is 0 Å². The van der Waals surface area contributed by atoms with Gasteiger partial charge in [-0.05, 0) is 24.5 Å². The van der Waals surface area contributed by atoms with Gasteiger partial charge in [0.1, 0.15) is 6.04 Å². The third-order valence-corrected chi connectivity index (χ3v) is 4.39. The lowest BCUT2D eigenvalue weighted by atomic mass is 10.1. The van der Waals surface area contributed by atoms with Gasteiger partial charge in [-0.3, -0.25) is 4.79 Å². The van der Waals surface area contributed by atoms with Crippen LogP contribution >= 0.6 is 0 Å². The van der Waals surface area contributed by atoms with E-state index in [0.717, 1.165) is 0 Å². The van der Waals surface area contributed by atoms with E-state index >= 15 is 0 Å². The molecule has 0 aromatic heterocycles. The average Bonchev–Trinajstić information content (AvgIpc) is 2.35. The fraction of sp³-hybridized carbons (Fsp3) is 0.462. The first kappa shape index (κ1) is 15.7. The fourth-order valence-electron chi connectivity index (χ4n) is 1.67. The molecule has 0 spiro atoms. The van der Waals surface area contributed by atoms with Crippen molar-refractivity contribution in [2.45, 2.75) is 31.7 Å². The van der Waals surface area contributed by atoms with Crippen molar-refractivity contribution in [1.29, 1.82) is 0 Å². The number of carbonyl (C=O) groups is 1. The predicted octanol–water partition coefficient (Wildman–Crippen LogP) is 1.47. The molecular formula is C13H19NO4S. The van der Waals surface area contributed by atoms with Crippen LogP contribution in [0.4, 0.5) is 0 Å². The molecule has 5 nitrogen and oxygen atoms in total. The van der Waals surface area contributed by atoms with Crippen molar-refractivity contribution in [1.82, 2.24) is 4.72 Å². The first-order chi connectivity index (χ1) is 8.79. The molecule has 6 heteroatoms. The predicted molar refractivity (Wildman–Crippen MR) is 72.1 cm³/mol. The minimum absolute atomic E-state index is 0.171. The van der Waals surface area contributed by atoms with E-state index in [4.69, 9.17) is 0 Å². The van der Waals surface area contributed by atoms with Crippen molar-refractivity contribution in [2.24, 2.45) is 5.92 Å². The molecule has 0 aliphatic carbocycles. The lowest BCUT2D eigenvalue weighted by Crippen LogP contribution is -2.45. The highest BCUT2D eigenvalue weighted by Crippen LogP contribution is 2.16. The third-order valence-electron chi connectivity index (χ3n) is 2.79. The lowest BCUT2D eigenvalue weighted by Gasteiger charge is -2.20. The van der Waals surface area contributed by atoms with Crippen LogP contribution in [0.1, 0.15) is 19.4 Å². The number of aryl methyl sites for hydroxylation is 1. The summed E-state index contributed by atoms with van der Waals surface area (Å²) < 4.78 is 31.6. The SMILES string of the molecule is COC(=O)[C@@H](NS(=O)(=O)c1ccccc1C)C(C)C. The molecule has 0 unspecified atom stereocenters. The number of methoxy groups -OCH3 is 1. The number of benzene rings is 1. The minimum Gasteiger partial charge on any atom is -0.468 e. The molecule has 0 aliphatic heterocycles. The lowest BCUT2D eigenvalue weighted by molar-refractivity contribution is -0.143. The Hall–Kier alpha value is -1.40. The van der Waals surface area contributed by atoms with E-state index in [-0.39, 0.29) is 10.8 Å². The average molecular weight is 285 g/mol. The van der Waals surface area contributed by atoms with Crippen LogP contribution in [0.15, 0.2) is 29.2 Å². The van der Waals surface area contributed by atoms with Gasteiger partial charge in [0, 0.05) is 0 Å². The maximum Gasteiger partial charge on any atom is 0.324 e. The summed E-state index contributed by atoms with van der Waals surface area (Å²) in [6.07, 6.45) is 0. The Morgan fingerprint density at radius 1 is 1.26 bits per heavy atom. The second-order valence-corrected chi connectivity index (χ2v) is 6.31. The molecule has 0 fully saturated rings. The summed E-state index contributed by atoms with van der Waals surface area (Å²) in [5, 5.41) is 0. The Balaban J connectivity index is 3.08. The molecule has 1 aromatic carbocycles. The first-order valence-corrected chi connectivity index (χ1v) is 7.43. The number of carbonyl (C=O) groups excluding carboxylic acids is 1. The number of hydrogen-bond donors (Lipinski definition) is 1. The van der Waals surface area contributed by atoms with Crippen molar-refractivity contribution in [2.75, 3.05) is 7.11 Å². The molecule has 1 aromatic rings. The molecule has 1 rings (SSSR count). The van der Waals surface area contributed by atoms with E-state index in [9.17, 15) is 13.2 Å². The zero-order valence-electron chi connectivity index (χ0n) is 11.5. The van der Waals surface area contributed by atoms with E-state index in [1.807, 2.05) is 0 Å². The summed E-state index contributed by atoms with van der Waals surface area (Å²) in [5.41, 5.74) is 0.627. The Kier molecular flexibility index (Phi) is 5.08. The molecule has 1 atom stereocenters. The van der Waals surface area contributed by atoms with Crippen molar-refractivity contribution in [3.05, 3.63) is 29.8 Å². The van der Waals surface area contributed by atoms with Crippen molar-refractivity contribution in [3.8, 4) is 0 Å². The quantitative estimate of drug-likeness (QED) is 0.832. The summed E-state index contributed by atoms with van der Waals surface area (Å²) in [5.74, 6) is -0.793. The molecule has 0 saturated heterocycles. The smallest absolute Gasteiger partial charge is 0.324 e. The van der Waals surface area contributed by atoms with Gasteiger partial charge < -0.3 is 4.74 Å². The largest absolute Gasteiger partial charge is 0.468 e. The number of ether oxygens (including phenoxy) is 1. The van der Waals surface area contributed by atoms with Gasteiger partial charge in [0.05, 0.1) is 12.0 Å². The van der Waals surface area contributed by atoms with Crippen molar-refractivity contribution >= 4 is 16.0 Å². The summed E-state index contributed by atoms with van der Waals surface area (Å²) in [6.45, 7) is 5.21. The minimum atomic E-state index is -3.74. The maximum atomic E-state index is 12.3. The topological polar surface area (TPSA) is 72.5 Å². The van der Waals surface area contributed by atoms with Gasteiger partial charge in [0.15, 0.2) is 0 Å². The number of nitrogens with one attached hydrogen (secondary N) is 1. The van der Waals surface area contributed by atoms with E-state index in [2.05, 4.69) is 9.46 Å². The van der Waals surface area contributed by atoms with Crippen LogP contribution in [0, 0.1) is 12.8 Å². The Morgan fingerprint density at radius 2 is 1.84 bits per heavy atom. The van der Waals surface area contributed by atoms with Crippen molar-refractivity contribution < 1.29 is 17.9 Å². The Labute approximate surface area is 114 Å². The van der Waals surface area contributed by atoms with Crippen LogP contribution in [0.3, 0.4) is 0 Å². The van der Waals surface area contributed by atoms with Crippen LogP contribution in [0.2, 0.25) is 0 Å². The number of hydrogen-bond acceptors (Lipinski definition) is 4. The zero-order valence-corrected chi connectivity index (χ0v) is 12.3. The summed E-state index contributed by atoms with van der Waals surface area (Å²) in [6, 6.07) is 5.72. The normalized spacial score (nSPS) is 13.3. The van der Waals surface area contributed by atoms with Gasteiger partial charge >= 0.3 is 5.97 Å². The second kappa shape index (κ2) is 6.16. The van der Waals surface area contributed by atoms with E-state index in [0.29, 0.717) is 5.56 Å². The summed E-state index contributed by atoms with van der Waals surface area (Å²) >= 11 is 0. The van der Waals surface area contributed by atoms with Gasteiger partial charge in [-0.25, -0.2) is 8.42 Å². The summed E-state index contributed by atoms with van der Waals surface area (Å²) in [4.78, 5) is 11.8. The molecule has 106 valence electrons. The van der Waals surface area contributed by atoms with E-state index in [1.54, 1.807) is 39.0 Å². The zero-order chi connectivity index (χ0) is 14.6. The molecule has 0 heterocycles. The van der Waals surface area contributed by atoms with E-state index < -0.39 is 22.0 Å². The fourth-order valence-corrected chi connectivity index (χ4v) is 3.25. The summed E-state index contributed by atoms with van der Waals surface area (Å²) in [7, 11) is -2.51. The van der Waals surface area contributed by atoms with E-state index in [1.165, 1.54) is 13.2 Å². The second-order valence-electron chi connectivity index (χ2n) is 4.63. The van der Waals surface area contributed by atoms with Crippen LogP contribution in [-0.2, 0) is 19.6 Å². The van der Waals surface area contributed by atoms with Crippen LogP contribution in [-0.4, -0.2) is 27.5 Å². The van der Waals surface area contributed by atoms with Gasteiger partial charge in [-0.1, -0.05) is 32.0 Å². The number of esters is 1. The van der Waals surface area contributed by atoms with Crippen LogP contribution in [0.25, 0.3) is 0 Å². The molecule has 1 N–H and O–H groups in total. The highest BCUT2D eigenvalue weighted by atomic mass is 32.2. The highest BCUT2D eigenvalue weighted by Gasteiger charge is 2.29. The maximum absolute atomic E-state index is 12.3. The monoisotopic (exact) mass is 285 g/mol. The molecule has 0 bridgehead atoms. The van der Waals surface area contributed by atoms with Gasteiger partial charge in [0.25, 0.3) is 0 Å². The molecular weight excluding hydrogens is 266 g/mol.